The Labute approximate surface area is 175 Å². The van der Waals surface area contributed by atoms with Crippen LogP contribution in [0.15, 0.2) is 0 Å². The van der Waals surface area contributed by atoms with E-state index < -0.39 is 0 Å². The first-order valence-corrected chi connectivity index (χ1v) is 12.3. The summed E-state index contributed by atoms with van der Waals surface area (Å²) in [5.41, 5.74) is 0.833. The highest BCUT2D eigenvalue weighted by atomic mass is 15.2. The highest BCUT2D eigenvalue weighted by molar-refractivity contribution is 4.99. The highest BCUT2D eigenvalue weighted by Gasteiger charge is 2.45. The zero-order chi connectivity index (χ0) is 20.1. The van der Waals surface area contributed by atoms with Crippen LogP contribution in [0.5, 0.6) is 0 Å². The van der Waals surface area contributed by atoms with E-state index in [1.54, 1.807) is 0 Å². The van der Waals surface area contributed by atoms with E-state index in [4.69, 9.17) is 0 Å². The van der Waals surface area contributed by atoms with Crippen molar-refractivity contribution in [3.8, 4) is 0 Å². The summed E-state index contributed by atoms with van der Waals surface area (Å²) in [6.07, 6.45) is 8.62. The van der Waals surface area contributed by atoms with Gasteiger partial charge in [0.05, 0.1) is 0 Å². The molecule has 0 radical (unpaired) electrons. The Morgan fingerprint density at radius 3 is 1.79 bits per heavy atom. The van der Waals surface area contributed by atoms with Gasteiger partial charge in [-0.3, -0.25) is 9.80 Å². The maximum absolute atomic E-state index is 2.89. The maximum atomic E-state index is 2.89. The molecule has 4 rings (SSSR count). The largest absolute Gasteiger partial charge is 0.300 e. The predicted molar refractivity (Wildman–Crippen MR) is 120 cm³/mol. The predicted octanol–water partition coefficient (Wildman–Crippen LogP) is 4.72. The number of rotatable bonds is 2. The molecule has 0 N–H and O–H groups in total. The number of nitrogens with zero attached hydrogens (tertiary/aromatic N) is 3. The molecule has 4 aliphatic rings. The van der Waals surface area contributed by atoms with Gasteiger partial charge in [-0.1, -0.05) is 20.8 Å². The van der Waals surface area contributed by atoms with Gasteiger partial charge in [0.1, 0.15) is 0 Å². The quantitative estimate of drug-likeness (QED) is 0.677. The second-order valence-electron chi connectivity index (χ2n) is 12.7. The molecule has 0 spiro atoms. The summed E-state index contributed by atoms with van der Waals surface area (Å²) in [6, 6.07) is 1.75. The van der Waals surface area contributed by atoms with Gasteiger partial charge in [-0.15, -0.1) is 0 Å². The Balaban J connectivity index is 1.25. The van der Waals surface area contributed by atoms with Crippen LogP contribution in [-0.2, 0) is 0 Å². The molecule has 1 saturated carbocycles. The standard InChI is InChI=1S/C25H47N3/c1-24(2,3)21-8-7-11-27(18-21)22-9-12-26(13-10-22)23-14-19-16-28(25(4,5)6)17-20(19)15-23/h19-23H,7-18H2,1-6H3. The van der Waals surface area contributed by atoms with E-state index in [1.807, 2.05) is 0 Å². The molecule has 0 aromatic rings. The van der Waals surface area contributed by atoms with Crippen molar-refractivity contribution in [1.82, 2.24) is 14.7 Å². The zero-order valence-corrected chi connectivity index (χ0v) is 19.7. The Hall–Kier alpha value is -0.120. The van der Waals surface area contributed by atoms with Gasteiger partial charge in [-0.2, -0.15) is 0 Å². The molecule has 0 amide bonds. The van der Waals surface area contributed by atoms with E-state index in [2.05, 4.69) is 56.2 Å². The third-order valence-electron chi connectivity index (χ3n) is 8.88. The molecule has 28 heavy (non-hydrogen) atoms. The van der Waals surface area contributed by atoms with Gasteiger partial charge in [0.15, 0.2) is 0 Å². The lowest BCUT2D eigenvalue weighted by molar-refractivity contribution is 0.0300. The minimum atomic E-state index is 0.359. The molecule has 0 aromatic heterocycles. The van der Waals surface area contributed by atoms with E-state index in [9.17, 15) is 0 Å². The summed E-state index contributed by atoms with van der Waals surface area (Å²) in [7, 11) is 0. The molecule has 1 aliphatic carbocycles. The molecule has 0 aromatic carbocycles. The summed E-state index contributed by atoms with van der Waals surface area (Å²) >= 11 is 0. The number of fused-ring (bicyclic) bond motifs is 1. The number of hydrogen-bond donors (Lipinski definition) is 0. The minimum Gasteiger partial charge on any atom is -0.300 e. The molecular weight excluding hydrogens is 342 g/mol. The van der Waals surface area contributed by atoms with Gasteiger partial charge < -0.3 is 4.90 Å². The fraction of sp³-hybridized carbons (Fsp3) is 1.00. The monoisotopic (exact) mass is 389 g/mol. The van der Waals surface area contributed by atoms with Crippen LogP contribution in [0.2, 0.25) is 0 Å². The normalized spacial score (nSPS) is 37.5. The Bertz CT molecular complexity index is 509. The van der Waals surface area contributed by atoms with Crippen molar-refractivity contribution in [2.45, 2.75) is 97.7 Å². The average Bonchev–Trinajstić information content (AvgIpc) is 3.20. The number of hydrogen-bond acceptors (Lipinski definition) is 3. The first-order valence-electron chi connectivity index (χ1n) is 12.3. The Morgan fingerprint density at radius 1 is 0.643 bits per heavy atom. The summed E-state index contributed by atoms with van der Waals surface area (Å²) in [5, 5.41) is 0. The van der Waals surface area contributed by atoms with Crippen LogP contribution in [-0.4, -0.2) is 71.6 Å². The zero-order valence-electron chi connectivity index (χ0n) is 19.7. The smallest absolute Gasteiger partial charge is 0.0125 e. The molecule has 162 valence electrons. The fourth-order valence-corrected chi connectivity index (χ4v) is 6.77. The van der Waals surface area contributed by atoms with Gasteiger partial charge in [-0.25, -0.2) is 0 Å². The van der Waals surface area contributed by atoms with Crippen LogP contribution in [0.4, 0.5) is 0 Å². The molecule has 3 heterocycles. The van der Waals surface area contributed by atoms with Crippen molar-refractivity contribution in [3.63, 3.8) is 0 Å². The summed E-state index contributed by atoms with van der Waals surface area (Å²) < 4.78 is 0. The topological polar surface area (TPSA) is 9.72 Å². The highest BCUT2D eigenvalue weighted by Crippen LogP contribution is 2.43. The van der Waals surface area contributed by atoms with E-state index in [1.165, 1.54) is 77.8 Å². The van der Waals surface area contributed by atoms with Gasteiger partial charge in [-0.05, 0) is 102 Å². The van der Waals surface area contributed by atoms with Crippen LogP contribution in [0.25, 0.3) is 0 Å². The van der Waals surface area contributed by atoms with Crippen LogP contribution >= 0.6 is 0 Å². The first-order chi connectivity index (χ1) is 13.1. The van der Waals surface area contributed by atoms with E-state index in [0.29, 0.717) is 11.0 Å². The third-order valence-corrected chi connectivity index (χ3v) is 8.88. The van der Waals surface area contributed by atoms with Gasteiger partial charge in [0, 0.05) is 37.3 Å². The fourth-order valence-electron chi connectivity index (χ4n) is 6.77. The van der Waals surface area contributed by atoms with Gasteiger partial charge >= 0.3 is 0 Å². The van der Waals surface area contributed by atoms with Gasteiger partial charge in [0.2, 0.25) is 0 Å². The average molecular weight is 390 g/mol. The molecule has 3 saturated heterocycles. The van der Waals surface area contributed by atoms with E-state index in [-0.39, 0.29) is 0 Å². The maximum Gasteiger partial charge on any atom is 0.0125 e. The van der Waals surface area contributed by atoms with Crippen molar-refractivity contribution in [2.75, 3.05) is 39.3 Å². The summed E-state index contributed by atoms with van der Waals surface area (Å²) in [4.78, 5) is 8.51. The van der Waals surface area contributed by atoms with E-state index >= 15 is 0 Å². The lowest BCUT2D eigenvalue weighted by Gasteiger charge is -2.46. The molecule has 3 aliphatic heterocycles. The second kappa shape index (κ2) is 7.85. The van der Waals surface area contributed by atoms with Crippen molar-refractivity contribution >= 4 is 0 Å². The van der Waals surface area contributed by atoms with Crippen LogP contribution in [0.1, 0.15) is 80.1 Å². The van der Waals surface area contributed by atoms with Crippen LogP contribution in [0, 0.1) is 23.2 Å². The van der Waals surface area contributed by atoms with Crippen LogP contribution < -0.4 is 0 Å². The number of piperidine rings is 2. The van der Waals surface area contributed by atoms with Crippen molar-refractivity contribution in [1.29, 1.82) is 0 Å². The second-order valence-corrected chi connectivity index (χ2v) is 12.7. The molecule has 4 fully saturated rings. The van der Waals surface area contributed by atoms with Crippen molar-refractivity contribution in [2.24, 2.45) is 23.2 Å². The summed E-state index contributed by atoms with van der Waals surface area (Å²) in [5.74, 6) is 2.83. The lowest BCUT2D eigenvalue weighted by Crippen LogP contribution is -2.51. The molecular formula is C25H47N3. The van der Waals surface area contributed by atoms with Gasteiger partial charge in [0.25, 0.3) is 0 Å². The minimum absolute atomic E-state index is 0.359. The van der Waals surface area contributed by atoms with Crippen molar-refractivity contribution in [3.05, 3.63) is 0 Å². The molecule has 3 nitrogen and oxygen atoms in total. The molecule has 0 bridgehead atoms. The molecule has 3 unspecified atom stereocenters. The third kappa shape index (κ3) is 4.47. The lowest BCUT2D eigenvalue weighted by atomic mass is 9.75. The summed E-state index contributed by atoms with van der Waals surface area (Å²) in [6.45, 7) is 22.6. The first kappa shape index (κ1) is 21.1. The SMILES string of the molecule is CC(C)(C)C1CCCN(C2CCN(C3CC4CN(C(C)(C)C)CC4C3)CC2)C1. The molecule has 3 atom stereocenters. The number of likely N-dealkylation sites (tertiary alicyclic amines) is 3. The molecule has 3 heteroatoms. The van der Waals surface area contributed by atoms with E-state index in [0.717, 1.165) is 29.8 Å². The Morgan fingerprint density at radius 2 is 1.25 bits per heavy atom. The Kier molecular flexibility index (Phi) is 5.92. The van der Waals surface area contributed by atoms with Crippen LogP contribution in [0.3, 0.4) is 0 Å². The van der Waals surface area contributed by atoms with Crippen molar-refractivity contribution < 1.29 is 0 Å².